The summed E-state index contributed by atoms with van der Waals surface area (Å²) in [7, 11) is 0. The number of aromatic nitrogens is 2. The summed E-state index contributed by atoms with van der Waals surface area (Å²) in [6.07, 6.45) is 0. The molecule has 0 fully saturated rings. The molecule has 0 saturated carbocycles. The van der Waals surface area contributed by atoms with Gasteiger partial charge < -0.3 is 10.3 Å². The SMILES string of the molecule is Nc1nc2ccccc2n1CC(=O)c1ccc(F)cc1. The molecule has 0 saturated heterocycles. The number of nitrogens with zero attached hydrogens (tertiary/aromatic N) is 2. The monoisotopic (exact) mass is 269 g/mol. The third-order valence-electron chi connectivity index (χ3n) is 3.15. The Morgan fingerprint density at radius 1 is 1.15 bits per heavy atom. The Bertz CT molecular complexity index is 777. The number of carbonyl (C=O) groups excluding carboxylic acids is 1. The number of benzene rings is 2. The van der Waals surface area contributed by atoms with Gasteiger partial charge in [0.2, 0.25) is 5.95 Å². The van der Waals surface area contributed by atoms with E-state index in [1.165, 1.54) is 24.3 Å². The summed E-state index contributed by atoms with van der Waals surface area (Å²) in [6, 6.07) is 12.9. The summed E-state index contributed by atoms with van der Waals surface area (Å²) in [6.45, 7) is 0.0813. The molecule has 0 spiro atoms. The number of para-hydroxylation sites is 2. The molecule has 0 bridgehead atoms. The molecule has 100 valence electrons. The Kier molecular flexibility index (Phi) is 2.95. The maximum atomic E-state index is 12.9. The Balaban J connectivity index is 1.95. The van der Waals surface area contributed by atoms with E-state index in [0.29, 0.717) is 11.5 Å². The number of imidazole rings is 1. The standard InChI is InChI=1S/C15H12FN3O/c16-11-7-5-10(6-8-11)14(20)9-19-13-4-2-1-3-12(13)18-15(19)17/h1-8H,9H2,(H2,17,18). The van der Waals surface area contributed by atoms with Gasteiger partial charge in [-0.25, -0.2) is 9.37 Å². The van der Waals surface area contributed by atoms with Gasteiger partial charge in [-0.05, 0) is 36.4 Å². The number of ketones is 1. The maximum absolute atomic E-state index is 12.9. The number of hydrogen-bond acceptors (Lipinski definition) is 3. The van der Waals surface area contributed by atoms with Gasteiger partial charge in [0.25, 0.3) is 0 Å². The van der Waals surface area contributed by atoms with Gasteiger partial charge >= 0.3 is 0 Å². The molecule has 0 aliphatic carbocycles. The predicted molar refractivity (Wildman–Crippen MR) is 74.9 cm³/mol. The molecule has 2 N–H and O–H groups in total. The van der Waals surface area contributed by atoms with Gasteiger partial charge in [-0.1, -0.05) is 12.1 Å². The second-order valence-corrected chi connectivity index (χ2v) is 4.47. The first-order valence-corrected chi connectivity index (χ1v) is 6.14. The third-order valence-corrected chi connectivity index (χ3v) is 3.15. The van der Waals surface area contributed by atoms with E-state index in [1.54, 1.807) is 4.57 Å². The van der Waals surface area contributed by atoms with Gasteiger partial charge in [-0.2, -0.15) is 0 Å². The van der Waals surface area contributed by atoms with E-state index in [2.05, 4.69) is 4.98 Å². The second-order valence-electron chi connectivity index (χ2n) is 4.47. The number of rotatable bonds is 3. The lowest BCUT2D eigenvalue weighted by Gasteiger charge is -2.05. The molecule has 0 aliphatic heterocycles. The molecule has 3 rings (SSSR count). The third kappa shape index (κ3) is 2.14. The van der Waals surface area contributed by atoms with Crippen LogP contribution in [0.15, 0.2) is 48.5 Å². The zero-order valence-corrected chi connectivity index (χ0v) is 10.6. The van der Waals surface area contributed by atoms with Crippen LogP contribution in [-0.2, 0) is 6.54 Å². The maximum Gasteiger partial charge on any atom is 0.201 e. The van der Waals surface area contributed by atoms with E-state index in [1.807, 2.05) is 24.3 Å². The van der Waals surface area contributed by atoms with Crippen molar-refractivity contribution < 1.29 is 9.18 Å². The van der Waals surface area contributed by atoms with Gasteiger partial charge in [0.15, 0.2) is 5.78 Å². The summed E-state index contributed by atoms with van der Waals surface area (Å²) < 4.78 is 14.5. The fourth-order valence-corrected chi connectivity index (χ4v) is 2.13. The fraction of sp³-hybridized carbons (Fsp3) is 0.0667. The molecule has 0 aliphatic rings. The highest BCUT2D eigenvalue weighted by atomic mass is 19.1. The van der Waals surface area contributed by atoms with Crippen molar-refractivity contribution in [2.24, 2.45) is 0 Å². The van der Waals surface area contributed by atoms with Crippen molar-refractivity contribution in [1.29, 1.82) is 0 Å². The van der Waals surface area contributed by atoms with Crippen molar-refractivity contribution in [3.8, 4) is 0 Å². The molecular formula is C15H12FN3O. The summed E-state index contributed by atoms with van der Waals surface area (Å²) in [5, 5.41) is 0. The first-order valence-electron chi connectivity index (χ1n) is 6.14. The van der Waals surface area contributed by atoms with Crippen LogP contribution in [-0.4, -0.2) is 15.3 Å². The minimum absolute atomic E-state index is 0.0813. The predicted octanol–water partition coefficient (Wildman–Crippen LogP) is 2.64. The van der Waals surface area contributed by atoms with Crippen molar-refractivity contribution >= 4 is 22.8 Å². The first kappa shape index (κ1) is 12.3. The first-order chi connectivity index (χ1) is 9.65. The van der Waals surface area contributed by atoms with Crippen LogP contribution in [0.1, 0.15) is 10.4 Å². The normalized spacial score (nSPS) is 10.8. The lowest BCUT2D eigenvalue weighted by Crippen LogP contribution is -2.12. The molecule has 1 aromatic heterocycles. The molecule has 0 atom stereocenters. The van der Waals surface area contributed by atoms with Gasteiger partial charge in [0.05, 0.1) is 17.6 Å². The molecule has 0 amide bonds. The zero-order valence-electron chi connectivity index (χ0n) is 10.6. The molecule has 1 heterocycles. The van der Waals surface area contributed by atoms with Crippen molar-refractivity contribution in [1.82, 2.24) is 9.55 Å². The molecule has 20 heavy (non-hydrogen) atoms. The smallest absolute Gasteiger partial charge is 0.201 e. The number of fused-ring (bicyclic) bond motifs is 1. The van der Waals surface area contributed by atoms with E-state index >= 15 is 0 Å². The molecule has 2 aromatic carbocycles. The lowest BCUT2D eigenvalue weighted by molar-refractivity contribution is 0.0974. The number of nitrogens with two attached hydrogens (primary N) is 1. The molecular weight excluding hydrogens is 257 g/mol. The van der Waals surface area contributed by atoms with Crippen LogP contribution in [0.4, 0.5) is 10.3 Å². The van der Waals surface area contributed by atoms with Crippen molar-refractivity contribution in [2.45, 2.75) is 6.54 Å². The molecule has 0 radical (unpaired) electrons. The lowest BCUT2D eigenvalue weighted by atomic mass is 10.1. The largest absolute Gasteiger partial charge is 0.369 e. The minimum Gasteiger partial charge on any atom is -0.369 e. The van der Waals surface area contributed by atoms with E-state index in [9.17, 15) is 9.18 Å². The van der Waals surface area contributed by atoms with E-state index in [4.69, 9.17) is 5.73 Å². The number of carbonyl (C=O) groups is 1. The average molecular weight is 269 g/mol. The zero-order chi connectivity index (χ0) is 14.1. The quantitative estimate of drug-likeness (QED) is 0.743. The Morgan fingerprint density at radius 3 is 2.60 bits per heavy atom. The second kappa shape index (κ2) is 4.77. The molecule has 3 aromatic rings. The van der Waals surface area contributed by atoms with Gasteiger partial charge in [0.1, 0.15) is 5.82 Å². The highest BCUT2D eigenvalue weighted by molar-refractivity contribution is 5.97. The van der Waals surface area contributed by atoms with Gasteiger partial charge in [0, 0.05) is 5.56 Å². The fourth-order valence-electron chi connectivity index (χ4n) is 2.13. The molecule has 5 heteroatoms. The van der Waals surface area contributed by atoms with Crippen LogP contribution in [0.3, 0.4) is 0 Å². The highest BCUT2D eigenvalue weighted by Crippen LogP contribution is 2.18. The highest BCUT2D eigenvalue weighted by Gasteiger charge is 2.12. The van der Waals surface area contributed by atoms with E-state index in [0.717, 1.165) is 11.0 Å². The van der Waals surface area contributed by atoms with Crippen LogP contribution >= 0.6 is 0 Å². The van der Waals surface area contributed by atoms with Gasteiger partial charge in [-0.15, -0.1) is 0 Å². The Morgan fingerprint density at radius 2 is 1.85 bits per heavy atom. The topological polar surface area (TPSA) is 60.9 Å². The van der Waals surface area contributed by atoms with Crippen LogP contribution in [0, 0.1) is 5.82 Å². The summed E-state index contributed by atoms with van der Waals surface area (Å²) in [5.74, 6) is -0.212. The van der Waals surface area contributed by atoms with Crippen LogP contribution in [0.5, 0.6) is 0 Å². The number of anilines is 1. The summed E-state index contributed by atoms with van der Waals surface area (Å²) in [4.78, 5) is 16.4. The number of hydrogen-bond donors (Lipinski definition) is 1. The number of halogens is 1. The number of Topliss-reactive ketones (excluding diaryl/α,β-unsaturated/α-hetero) is 1. The minimum atomic E-state index is -0.367. The summed E-state index contributed by atoms with van der Waals surface area (Å²) >= 11 is 0. The van der Waals surface area contributed by atoms with Crippen molar-refractivity contribution in [3.05, 3.63) is 59.9 Å². The van der Waals surface area contributed by atoms with Crippen molar-refractivity contribution in [2.75, 3.05) is 5.73 Å². The molecule has 0 unspecified atom stereocenters. The van der Waals surface area contributed by atoms with Crippen LogP contribution in [0.25, 0.3) is 11.0 Å². The van der Waals surface area contributed by atoms with Gasteiger partial charge in [-0.3, -0.25) is 4.79 Å². The van der Waals surface area contributed by atoms with E-state index < -0.39 is 0 Å². The van der Waals surface area contributed by atoms with Crippen LogP contribution < -0.4 is 5.73 Å². The number of nitrogen functional groups attached to an aromatic ring is 1. The average Bonchev–Trinajstić information content (AvgIpc) is 2.76. The molecule has 4 nitrogen and oxygen atoms in total. The van der Waals surface area contributed by atoms with Crippen molar-refractivity contribution in [3.63, 3.8) is 0 Å². The Hall–Kier alpha value is -2.69. The Labute approximate surface area is 114 Å². The summed E-state index contributed by atoms with van der Waals surface area (Å²) in [5.41, 5.74) is 7.84. The van der Waals surface area contributed by atoms with Crippen LogP contribution in [0.2, 0.25) is 0 Å². The van der Waals surface area contributed by atoms with E-state index in [-0.39, 0.29) is 18.1 Å².